The third-order valence-electron chi connectivity index (χ3n) is 4.19. The zero-order valence-electron chi connectivity index (χ0n) is 12.3. The number of hydrogen-bond donors (Lipinski definition) is 1. The molecule has 1 N–H and O–H groups in total. The third kappa shape index (κ3) is 3.15. The standard InChI is InChI=1S/C15H23N3O2/c1-3-5-15(14(19)20)6-4-9-18(11-15)10-13-12(2)16-7-8-17-13/h7-8H,3-6,9-11H2,1-2H3,(H,19,20)/t15-/m0/s1. The van der Waals surface area contributed by atoms with Crippen LogP contribution in [0.2, 0.25) is 0 Å². The molecule has 110 valence electrons. The van der Waals surface area contributed by atoms with Gasteiger partial charge >= 0.3 is 5.97 Å². The Labute approximate surface area is 120 Å². The molecular weight excluding hydrogens is 254 g/mol. The molecule has 1 atom stereocenters. The van der Waals surface area contributed by atoms with Crippen LogP contribution in [0.4, 0.5) is 0 Å². The van der Waals surface area contributed by atoms with Crippen molar-refractivity contribution in [3.63, 3.8) is 0 Å². The van der Waals surface area contributed by atoms with Gasteiger partial charge in [0.25, 0.3) is 0 Å². The van der Waals surface area contributed by atoms with Crippen LogP contribution in [0.25, 0.3) is 0 Å². The maximum absolute atomic E-state index is 11.7. The number of aryl methyl sites for hydroxylation is 1. The second-order valence-electron chi connectivity index (χ2n) is 5.74. The maximum atomic E-state index is 11.7. The summed E-state index contributed by atoms with van der Waals surface area (Å²) in [4.78, 5) is 22.5. The van der Waals surface area contributed by atoms with Crippen molar-refractivity contribution in [1.82, 2.24) is 14.9 Å². The molecule has 0 unspecified atom stereocenters. The first-order chi connectivity index (χ1) is 9.57. The van der Waals surface area contributed by atoms with Gasteiger partial charge in [0.2, 0.25) is 0 Å². The topological polar surface area (TPSA) is 66.3 Å². The first kappa shape index (κ1) is 14.9. The highest BCUT2D eigenvalue weighted by atomic mass is 16.4. The molecular formula is C15H23N3O2. The lowest BCUT2D eigenvalue weighted by atomic mass is 9.76. The van der Waals surface area contributed by atoms with Crippen LogP contribution in [0.1, 0.15) is 44.0 Å². The van der Waals surface area contributed by atoms with Crippen molar-refractivity contribution in [2.24, 2.45) is 5.41 Å². The van der Waals surface area contributed by atoms with E-state index in [0.717, 1.165) is 43.6 Å². The van der Waals surface area contributed by atoms with E-state index in [4.69, 9.17) is 0 Å². The number of aromatic nitrogens is 2. The zero-order valence-corrected chi connectivity index (χ0v) is 12.3. The van der Waals surface area contributed by atoms with Gasteiger partial charge in [0.15, 0.2) is 0 Å². The summed E-state index contributed by atoms with van der Waals surface area (Å²) in [5.74, 6) is -0.653. The van der Waals surface area contributed by atoms with Gasteiger partial charge < -0.3 is 5.11 Å². The molecule has 0 aliphatic carbocycles. The molecule has 5 nitrogen and oxygen atoms in total. The predicted molar refractivity (Wildman–Crippen MR) is 76.3 cm³/mol. The van der Waals surface area contributed by atoms with Crippen LogP contribution in [0, 0.1) is 12.3 Å². The van der Waals surface area contributed by atoms with E-state index in [1.807, 2.05) is 6.92 Å². The average molecular weight is 277 g/mol. The Morgan fingerprint density at radius 3 is 2.85 bits per heavy atom. The largest absolute Gasteiger partial charge is 0.481 e. The lowest BCUT2D eigenvalue weighted by Gasteiger charge is -2.39. The van der Waals surface area contributed by atoms with Gasteiger partial charge in [0, 0.05) is 25.5 Å². The highest BCUT2D eigenvalue weighted by molar-refractivity contribution is 5.75. The third-order valence-corrected chi connectivity index (χ3v) is 4.19. The molecule has 1 saturated heterocycles. The summed E-state index contributed by atoms with van der Waals surface area (Å²) in [6, 6.07) is 0. The zero-order chi connectivity index (χ0) is 14.6. The molecule has 2 rings (SSSR count). The Bertz CT molecular complexity index is 474. The number of rotatable bonds is 5. The van der Waals surface area contributed by atoms with Crippen LogP contribution in [-0.4, -0.2) is 39.0 Å². The van der Waals surface area contributed by atoms with Gasteiger partial charge in [-0.15, -0.1) is 0 Å². The number of piperidine rings is 1. The van der Waals surface area contributed by atoms with Gasteiger partial charge in [-0.05, 0) is 32.7 Å². The van der Waals surface area contributed by atoms with E-state index in [1.165, 1.54) is 0 Å². The monoisotopic (exact) mass is 277 g/mol. The molecule has 5 heteroatoms. The van der Waals surface area contributed by atoms with Crippen LogP contribution in [0.3, 0.4) is 0 Å². The van der Waals surface area contributed by atoms with Gasteiger partial charge in [-0.2, -0.15) is 0 Å². The normalized spacial score (nSPS) is 23.7. The second-order valence-corrected chi connectivity index (χ2v) is 5.74. The molecule has 1 fully saturated rings. The molecule has 1 aliphatic heterocycles. The van der Waals surface area contributed by atoms with Crippen molar-refractivity contribution in [2.45, 2.75) is 46.1 Å². The first-order valence-electron chi connectivity index (χ1n) is 7.29. The highest BCUT2D eigenvalue weighted by Crippen LogP contribution is 2.35. The van der Waals surface area contributed by atoms with E-state index in [0.29, 0.717) is 13.1 Å². The van der Waals surface area contributed by atoms with Crippen molar-refractivity contribution in [2.75, 3.05) is 13.1 Å². The van der Waals surface area contributed by atoms with E-state index in [2.05, 4.69) is 21.8 Å². The number of carboxylic acid groups (broad SMARTS) is 1. The summed E-state index contributed by atoms with van der Waals surface area (Å²) in [7, 11) is 0. The molecule has 1 aliphatic rings. The molecule has 0 spiro atoms. The van der Waals surface area contributed by atoms with Crippen LogP contribution in [-0.2, 0) is 11.3 Å². The summed E-state index contributed by atoms with van der Waals surface area (Å²) in [5, 5.41) is 9.60. The fourth-order valence-corrected chi connectivity index (χ4v) is 3.13. The van der Waals surface area contributed by atoms with Gasteiger partial charge in [-0.1, -0.05) is 13.3 Å². The molecule has 1 aromatic rings. The predicted octanol–water partition coefficient (Wildman–Crippen LogP) is 2.25. The van der Waals surface area contributed by atoms with Crippen LogP contribution >= 0.6 is 0 Å². The Kier molecular flexibility index (Phi) is 4.70. The number of nitrogens with zero attached hydrogens (tertiary/aromatic N) is 3. The number of likely N-dealkylation sites (tertiary alicyclic amines) is 1. The SMILES string of the molecule is CCC[C@]1(C(=O)O)CCCN(Cc2nccnc2C)C1. The molecule has 0 aromatic carbocycles. The summed E-state index contributed by atoms with van der Waals surface area (Å²) >= 11 is 0. The minimum Gasteiger partial charge on any atom is -0.481 e. The van der Waals surface area contributed by atoms with E-state index >= 15 is 0 Å². The van der Waals surface area contributed by atoms with Crippen LogP contribution < -0.4 is 0 Å². The summed E-state index contributed by atoms with van der Waals surface area (Å²) in [6.07, 6.45) is 6.76. The Hall–Kier alpha value is -1.49. The number of carboxylic acids is 1. The molecule has 20 heavy (non-hydrogen) atoms. The van der Waals surface area contributed by atoms with E-state index < -0.39 is 11.4 Å². The molecule has 0 saturated carbocycles. The van der Waals surface area contributed by atoms with Crippen molar-refractivity contribution in [1.29, 1.82) is 0 Å². The molecule has 1 aromatic heterocycles. The Balaban J connectivity index is 2.10. The fraction of sp³-hybridized carbons (Fsp3) is 0.667. The van der Waals surface area contributed by atoms with Gasteiger partial charge in [-0.25, -0.2) is 0 Å². The van der Waals surface area contributed by atoms with Crippen molar-refractivity contribution in [3.8, 4) is 0 Å². The fourth-order valence-electron chi connectivity index (χ4n) is 3.13. The number of hydrogen-bond acceptors (Lipinski definition) is 4. The quantitative estimate of drug-likeness (QED) is 0.894. The molecule has 2 heterocycles. The Morgan fingerprint density at radius 1 is 1.45 bits per heavy atom. The van der Waals surface area contributed by atoms with Crippen molar-refractivity contribution < 1.29 is 9.90 Å². The number of carbonyl (C=O) groups is 1. The summed E-state index contributed by atoms with van der Waals surface area (Å²) in [5.41, 5.74) is 1.29. The van der Waals surface area contributed by atoms with Crippen molar-refractivity contribution in [3.05, 3.63) is 23.8 Å². The highest BCUT2D eigenvalue weighted by Gasteiger charge is 2.41. The van der Waals surface area contributed by atoms with Crippen LogP contribution in [0.15, 0.2) is 12.4 Å². The van der Waals surface area contributed by atoms with Crippen molar-refractivity contribution >= 4 is 5.97 Å². The minimum absolute atomic E-state index is 0.580. The summed E-state index contributed by atoms with van der Waals surface area (Å²) in [6.45, 7) is 6.25. The maximum Gasteiger partial charge on any atom is 0.310 e. The van der Waals surface area contributed by atoms with Gasteiger partial charge in [-0.3, -0.25) is 19.7 Å². The average Bonchev–Trinajstić information content (AvgIpc) is 2.42. The van der Waals surface area contributed by atoms with E-state index in [1.54, 1.807) is 12.4 Å². The lowest BCUT2D eigenvalue weighted by molar-refractivity contribution is -0.153. The summed E-state index contributed by atoms with van der Waals surface area (Å²) < 4.78 is 0. The smallest absolute Gasteiger partial charge is 0.310 e. The minimum atomic E-state index is -0.653. The molecule has 0 bridgehead atoms. The first-order valence-corrected chi connectivity index (χ1v) is 7.29. The van der Waals surface area contributed by atoms with Crippen LogP contribution in [0.5, 0.6) is 0 Å². The Morgan fingerprint density at radius 2 is 2.20 bits per heavy atom. The van der Waals surface area contributed by atoms with Gasteiger partial charge in [0.05, 0.1) is 16.8 Å². The second kappa shape index (κ2) is 6.31. The van der Waals surface area contributed by atoms with E-state index in [-0.39, 0.29) is 0 Å². The molecule has 0 radical (unpaired) electrons. The molecule has 0 amide bonds. The van der Waals surface area contributed by atoms with E-state index in [9.17, 15) is 9.90 Å². The number of aliphatic carboxylic acids is 1. The lowest BCUT2D eigenvalue weighted by Crippen LogP contribution is -2.47. The van der Waals surface area contributed by atoms with Gasteiger partial charge in [0.1, 0.15) is 0 Å².